The van der Waals surface area contributed by atoms with Crippen molar-refractivity contribution in [2.45, 2.75) is 86.0 Å². The van der Waals surface area contributed by atoms with Gasteiger partial charge in [0.05, 0.1) is 84.6 Å². The number of carbonyl (C=O) groups excluding carboxylic acids is 4. The number of amides is 4. The fraction of sp³-hybridized carbons (Fsp3) is 0.467. The van der Waals surface area contributed by atoms with Crippen molar-refractivity contribution in [2.75, 3.05) is 75.4 Å². The normalized spacial score (nSPS) is 40.0. The average molecular weight is 961 g/mol. The Morgan fingerprint density at radius 1 is 0.514 bits per heavy atom. The van der Waals surface area contributed by atoms with E-state index in [-0.39, 0.29) is 70.8 Å². The predicted molar refractivity (Wildman–Crippen MR) is 267 cm³/mol. The van der Waals surface area contributed by atoms with Gasteiger partial charge in [0.1, 0.15) is 37.6 Å². The molecule has 0 radical (unpaired) electrons. The van der Waals surface area contributed by atoms with Crippen LogP contribution in [0.5, 0.6) is 0 Å². The molecule has 0 N–H and O–H groups in total. The van der Waals surface area contributed by atoms with E-state index in [1.165, 1.54) is 32.3 Å². The minimum atomic E-state index is -0.157. The number of imide groups is 2. The summed E-state index contributed by atoms with van der Waals surface area (Å²) in [6.07, 6.45) is 10.6. The van der Waals surface area contributed by atoms with Crippen LogP contribution in [0.1, 0.15) is 91.1 Å². The summed E-state index contributed by atoms with van der Waals surface area (Å²) in [4.78, 5) is 63.4. The van der Waals surface area contributed by atoms with Gasteiger partial charge in [-0.15, -0.1) is 0 Å². The zero-order valence-electron chi connectivity index (χ0n) is 40.6. The first-order valence-electron chi connectivity index (χ1n) is 27.3. The molecule has 11 heterocycles. The smallest absolute Gasteiger partial charge is 0.261 e. The molecule has 0 aromatic heterocycles. The second-order valence-electron chi connectivity index (χ2n) is 24.2. The van der Waals surface area contributed by atoms with E-state index in [2.05, 4.69) is 70.5 Å². The van der Waals surface area contributed by atoms with Crippen molar-refractivity contribution in [3.05, 3.63) is 154 Å². The molecule has 14 atom stereocenters. The molecule has 5 saturated heterocycles. The Morgan fingerprint density at radius 2 is 0.903 bits per heavy atom. The van der Waals surface area contributed by atoms with Crippen LogP contribution in [0, 0.1) is 23.7 Å². The molecule has 2 spiro atoms. The topological polar surface area (TPSA) is 99.7 Å². The molecule has 17 rings (SSSR count). The van der Waals surface area contributed by atoms with Gasteiger partial charge in [-0.05, 0) is 58.7 Å². The summed E-state index contributed by atoms with van der Waals surface area (Å²) in [7, 11) is 0. The Bertz CT molecular complexity index is 2940. The van der Waals surface area contributed by atoms with Crippen molar-refractivity contribution in [3.8, 4) is 0 Å². The van der Waals surface area contributed by atoms with Gasteiger partial charge in [-0.3, -0.25) is 29.0 Å². The minimum absolute atomic E-state index is 0.122. The van der Waals surface area contributed by atoms with Gasteiger partial charge in [-0.1, -0.05) is 72.8 Å². The summed E-state index contributed by atoms with van der Waals surface area (Å²) in [6, 6.07) is 34.6. The largest absolute Gasteiger partial charge is 0.354 e. The van der Waals surface area contributed by atoms with Crippen molar-refractivity contribution < 1.29 is 37.6 Å². The summed E-state index contributed by atoms with van der Waals surface area (Å²) in [5.74, 6) is 0.471. The van der Waals surface area contributed by atoms with Crippen molar-refractivity contribution in [1.82, 2.24) is 9.80 Å². The van der Waals surface area contributed by atoms with Gasteiger partial charge in [-0.25, -0.2) is 0 Å². The first-order chi connectivity index (χ1) is 35.3. The molecule has 364 valence electrons. The maximum Gasteiger partial charge on any atom is 0.261 e. The SMILES string of the molecule is O=C1c2ccccc2C(=O)N1CCC[N@+]12CC[C@@]34c5ccccc5N5[C@@H]6OCC=C7C[N@+]8(CCCN9C(=O)c%10ccccc%10C9=O)CC[C@]9%10c%11ccccc%11N([C@@H]%11OCC=C(C1)[C@H](C[C@@H]32)[C@@H]%11[C@H]54)[C@H]9[C@H]6[C@H]7C[C@@H]%108. The van der Waals surface area contributed by atoms with Crippen LogP contribution in [0.3, 0.4) is 0 Å². The van der Waals surface area contributed by atoms with Crippen molar-refractivity contribution in [3.63, 3.8) is 0 Å². The first-order valence-corrected chi connectivity index (χ1v) is 27.3. The van der Waals surface area contributed by atoms with Gasteiger partial charge >= 0.3 is 0 Å². The summed E-state index contributed by atoms with van der Waals surface area (Å²) in [6.45, 7) is 8.02. The molecule has 12 heteroatoms. The quantitative estimate of drug-likeness (QED) is 0.110. The van der Waals surface area contributed by atoms with E-state index in [1.807, 2.05) is 24.3 Å². The molecule has 4 amide bonds. The van der Waals surface area contributed by atoms with Gasteiger partial charge in [0, 0.05) is 86.7 Å². The maximum atomic E-state index is 13.6. The number of fused-ring (bicyclic) bond motifs is 8. The van der Waals surface area contributed by atoms with Crippen molar-refractivity contribution in [2.24, 2.45) is 23.7 Å². The Labute approximate surface area is 419 Å². The Balaban J connectivity index is 0.772. The molecule has 7 fully saturated rings. The fourth-order valence-corrected chi connectivity index (χ4v) is 20.0. The van der Waals surface area contributed by atoms with Crippen LogP contribution in [0.4, 0.5) is 11.4 Å². The van der Waals surface area contributed by atoms with E-state index in [4.69, 9.17) is 9.47 Å². The van der Waals surface area contributed by atoms with Gasteiger partial charge in [-0.2, -0.15) is 0 Å². The Kier molecular flexibility index (Phi) is 8.09. The number of hydrogen-bond donors (Lipinski definition) is 0. The standard InChI is InChI=1S/C60H60N6O6/c67-53-37-11-1-2-12-38(37)54(68)61(53)23-9-25-65-27-21-59-43-15-5-7-17-45(43)63-51(59)49-41(31-47(59)65)35(33-65)19-29-71-57(49)64-46-18-8-6-16-44(46)60-22-28-66(26-10-24-62-55(69)39-13-3-4-14-40(39)56(62)70)34-36-20-30-72-58(63)50(52(60)64)42(36)32-48(60)66/h1-8,11-20,41-42,47-52,57-58H,9-10,21-34H2/q+2/t41-,42-,47-,48-,49+,50+,51-,52-,57+,58+,59+,60+,65-,66-/m0/s1. The highest BCUT2D eigenvalue weighted by atomic mass is 16.5. The van der Waals surface area contributed by atoms with E-state index in [9.17, 15) is 19.2 Å². The lowest BCUT2D eigenvalue weighted by Gasteiger charge is -2.65. The zero-order chi connectivity index (χ0) is 47.6. The second kappa shape index (κ2) is 14.0. The zero-order valence-corrected chi connectivity index (χ0v) is 40.6. The summed E-state index contributed by atoms with van der Waals surface area (Å²) < 4.78 is 17.3. The van der Waals surface area contributed by atoms with E-state index in [0.717, 1.165) is 86.8 Å². The maximum absolute atomic E-state index is 13.6. The van der Waals surface area contributed by atoms with Crippen LogP contribution in [0.2, 0.25) is 0 Å². The number of benzene rings is 4. The van der Waals surface area contributed by atoms with Crippen LogP contribution >= 0.6 is 0 Å². The number of ether oxygens (including phenoxy) is 2. The number of carbonyl (C=O) groups is 4. The molecule has 4 bridgehead atoms. The number of piperidine rings is 2. The average Bonchev–Trinajstić information content (AvgIpc) is 4.17. The molecule has 2 aliphatic carbocycles. The van der Waals surface area contributed by atoms with Crippen LogP contribution in [0.25, 0.3) is 0 Å². The summed E-state index contributed by atoms with van der Waals surface area (Å²) in [5, 5.41) is 0. The van der Waals surface area contributed by atoms with Crippen molar-refractivity contribution in [1.29, 1.82) is 0 Å². The minimum Gasteiger partial charge on any atom is -0.354 e. The first kappa shape index (κ1) is 41.5. The van der Waals surface area contributed by atoms with Crippen molar-refractivity contribution >= 4 is 35.0 Å². The second-order valence-corrected chi connectivity index (χ2v) is 24.2. The molecule has 4 aromatic rings. The van der Waals surface area contributed by atoms with Crippen LogP contribution in [-0.2, 0) is 20.3 Å². The number of anilines is 2. The molecule has 72 heavy (non-hydrogen) atoms. The highest BCUT2D eigenvalue weighted by molar-refractivity contribution is 6.22. The van der Waals surface area contributed by atoms with E-state index >= 15 is 0 Å². The fourth-order valence-electron chi connectivity index (χ4n) is 20.0. The number of para-hydroxylation sites is 2. The van der Waals surface area contributed by atoms with Gasteiger partial charge in [0.25, 0.3) is 23.6 Å². The number of quaternary nitrogens is 2. The molecule has 11 aliphatic heterocycles. The number of rotatable bonds is 8. The third-order valence-corrected chi connectivity index (χ3v) is 22.2. The van der Waals surface area contributed by atoms with E-state index in [0.29, 0.717) is 72.5 Å². The number of nitrogens with zero attached hydrogens (tertiary/aromatic N) is 6. The molecular formula is C60H60N6O6+2. The molecule has 4 aromatic carbocycles. The monoisotopic (exact) mass is 960 g/mol. The molecule has 12 nitrogen and oxygen atoms in total. The third-order valence-electron chi connectivity index (χ3n) is 22.2. The lowest BCUT2D eigenvalue weighted by Crippen LogP contribution is -2.78. The third kappa shape index (κ3) is 4.73. The van der Waals surface area contributed by atoms with Crippen LogP contribution < -0.4 is 9.80 Å². The van der Waals surface area contributed by atoms with Gasteiger partial charge in [0.2, 0.25) is 0 Å². The summed E-state index contributed by atoms with van der Waals surface area (Å²) in [5.41, 5.74) is 10.7. The Hall–Kier alpha value is -5.92. The van der Waals surface area contributed by atoms with Crippen LogP contribution in [0.15, 0.2) is 120 Å². The highest BCUT2D eigenvalue weighted by Gasteiger charge is 2.81. The lowest BCUT2D eigenvalue weighted by molar-refractivity contribution is -0.943. The van der Waals surface area contributed by atoms with E-state index < -0.39 is 0 Å². The number of hydrogen-bond acceptors (Lipinski definition) is 8. The molecule has 13 aliphatic rings. The molecule has 2 saturated carbocycles. The Morgan fingerprint density at radius 3 is 1.32 bits per heavy atom. The van der Waals surface area contributed by atoms with E-state index in [1.54, 1.807) is 35.4 Å². The lowest BCUT2D eigenvalue weighted by atomic mass is 9.52. The molecular weight excluding hydrogens is 901 g/mol. The highest BCUT2D eigenvalue weighted by Crippen LogP contribution is 2.72. The van der Waals surface area contributed by atoms with Gasteiger partial charge < -0.3 is 28.2 Å². The predicted octanol–water partition coefficient (Wildman–Crippen LogP) is 6.67. The molecule has 0 unspecified atom stereocenters. The summed E-state index contributed by atoms with van der Waals surface area (Å²) >= 11 is 0. The van der Waals surface area contributed by atoms with Crippen LogP contribution in [-0.4, -0.2) is 145 Å². The van der Waals surface area contributed by atoms with Gasteiger partial charge in [0.15, 0.2) is 0 Å².